The van der Waals surface area contributed by atoms with Crippen LogP contribution in [0.1, 0.15) is 18.3 Å². The van der Waals surface area contributed by atoms with Crippen molar-refractivity contribution in [2.45, 2.75) is 31.6 Å². The van der Waals surface area contributed by atoms with Crippen molar-refractivity contribution in [3.63, 3.8) is 0 Å². The summed E-state index contributed by atoms with van der Waals surface area (Å²) in [5.41, 5.74) is 1.56. The van der Waals surface area contributed by atoms with Crippen LogP contribution >= 0.6 is 11.8 Å². The maximum absolute atomic E-state index is 12.3. The molecule has 3 rings (SSSR count). The molecule has 0 saturated carbocycles. The number of hydrogen-bond donors (Lipinski definition) is 2. The Labute approximate surface area is 196 Å². The SMILES string of the molecule is CCn1c(CNC(=O)Cc2ccc(OC)cc2)nnc1SCC(=O)Nc1cccc(OC)c1. The van der Waals surface area contributed by atoms with Gasteiger partial charge in [0.05, 0.1) is 32.9 Å². The van der Waals surface area contributed by atoms with Crippen molar-refractivity contribution in [2.24, 2.45) is 0 Å². The molecule has 3 aromatic rings. The first-order valence-corrected chi connectivity index (χ1v) is 11.4. The van der Waals surface area contributed by atoms with E-state index < -0.39 is 0 Å². The van der Waals surface area contributed by atoms with Gasteiger partial charge in [0.15, 0.2) is 11.0 Å². The second kappa shape index (κ2) is 11.9. The van der Waals surface area contributed by atoms with Crippen LogP contribution in [-0.2, 0) is 29.1 Å². The van der Waals surface area contributed by atoms with E-state index >= 15 is 0 Å². The Hall–Kier alpha value is -3.53. The Bertz CT molecular complexity index is 1080. The van der Waals surface area contributed by atoms with E-state index in [-0.39, 0.29) is 30.5 Å². The number of benzene rings is 2. The molecule has 0 atom stereocenters. The van der Waals surface area contributed by atoms with E-state index in [0.29, 0.717) is 29.0 Å². The van der Waals surface area contributed by atoms with Gasteiger partial charge in [-0.3, -0.25) is 9.59 Å². The van der Waals surface area contributed by atoms with Gasteiger partial charge in [-0.2, -0.15) is 0 Å². The number of ether oxygens (including phenoxy) is 2. The summed E-state index contributed by atoms with van der Waals surface area (Å²) < 4.78 is 12.2. The molecule has 0 bridgehead atoms. The van der Waals surface area contributed by atoms with Crippen LogP contribution in [0.4, 0.5) is 5.69 Å². The minimum Gasteiger partial charge on any atom is -0.497 e. The number of amides is 2. The van der Waals surface area contributed by atoms with Crippen LogP contribution in [0, 0.1) is 0 Å². The lowest BCUT2D eigenvalue weighted by molar-refractivity contribution is -0.120. The fourth-order valence-corrected chi connectivity index (χ4v) is 3.89. The van der Waals surface area contributed by atoms with Crippen LogP contribution in [0.2, 0.25) is 0 Å². The Morgan fingerprint density at radius 1 is 1.00 bits per heavy atom. The van der Waals surface area contributed by atoms with Gasteiger partial charge in [-0.1, -0.05) is 30.0 Å². The van der Waals surface area contributed by atoms with Gasteiger partial charge in [-0.25, -0.2) is 0 Å². The van der Waals surface area contributed by atoms with Crippen LogP contribution in [0.25, 0.3) is 0 Å². The topological polar surface area (TPSA) is 107 Å². The normalized spacial score (nSPS) is 10.5. The summed E-state index contributed by atoms with van der Waals surface area (Å²) in [6.45, 7) is 2.84. The summed E-state index contributed by atoms with van der Waals surface area (Å²) in [5.74, 6) is 1.96. The molecule has 0 spiro atoms. The highest BCUT2D eigenvalue weighted by Crippen LogP contribution is 2.20. The standard InChI is InChI=1S/C23H27N5O4S/c1-4-28-20(14-24-21(29)12-16-8-10-18(31-2)11-9-16)26-27-23(28)33-15-22(30)25-17-6-5-7-19(13-17)32-3/h5-11,13H,4,12,14-15H2,1-3H3,(H,24,29)(H,25,30). The third-order valence-corrected chi connectivity index (χ3v) is 5.73. The Morgan fingerprint density at radius 3 is 2.45 bits per heavy atom. The molecule has 33 heavy (non-hydrogen) atoms. The average molecular weight is 470 g/mol. The lowest BCUT2D eigenvalue weighted by Gasteiger charge is -2.09. The van der Waals surface area contributed by atoms with E-state index in [0.717, 1.165) is 11.3 Å². The summed E-state index contributed by atoms with van der Waals surface area (Å²) in [6, 6.07) is 14.5. The van der Waals surface area contributed by atoms with Crippen molar-refractivity contribution >= 4 is 29.3 Å². The zero-order chi connectivity index (χ0) is 23.6. The fourth-order valence-electron chi connectivity index (χ4n) is 3.07. The summed E-state index contributed by atoms with van der Waals surface area (Å²) in [4.78, 5) is 24.6. The number of rotatable bonds is 11. The molecular weight excluding hydrogens is 442 g/mol. The average Bonchev–Trinajstić information content (AvgIpc) is 3.23. The lowest BCUT2D eigenvalue weighted by atomic mass is 10.1. The second-order valence-electron chi connectivity index (χ2n) is 7.01. The van der Waals surface area contributed by atoms with Crippen LogP contribution in [0.3, 0.4) is 0 Å². The number of nitrogens with one attached hydrogen (secondary N) is 2. The molecule has 2 amide bonds. The quantitative estimate of drug-likeness (QED) is 0.416. The van der Waals surface area contributed by atoms with E-state index in [1.807, 2.05) is 47.9 Å². The van der Waals surface area contributed by atoms with Crippen molar-refractivity contribution in [1.29, 1.82) is 0 Å². The van der Waals surface area contributed by atoms with Gasteiger partial charge in [-0.05, 0) is 36.8 Å². The Balaban J connectivity index is 1.51. The number of methoxy groups -OCH3 is 2. The number of carbonyl (C=O) groups is 2. The predicted octanol–water partition coefficient (Wildman–Crippen LogP) is 2.90. The summed E-state index contributed by atoms with van der Waals surface area (Å²) >= 11 is 1.29. The molecule has 0 radical (unpaired) electrons. The van der Waals surface area contributed by atoms with Crippen LogP contribution in [0.5, 0.6) is 11.5 Å². The number of thioether (sulfide) groups is 1. The van der Waals surface area contributed by atoms with Gasteiger partial charge < -0.3 is 24.7 Å². The van der Waals surface area contributed by atoms with Crippen LogP contribution < -0.4 is 20.1 Å². The first kappa shape index (κ1) is 24.1. The van der Waals surface area contributed by atoms with Gasteiger partial charge in [0.25, 0.3) is 0 Å². The van der Waals surface area contributed by atoms with Crippen molar-refractivity contribution in [3.8, 4) is 11.5 Å². The van der Waals surface area contributed by atoms with Crippen molar-refractivity contribution < 1.29 is 19.1 Å². The number of anilines is 1. The van der Waals surface area contributed by atoms with Gasteiger partial charge >= 0.3 is 0 Å². The Kier molecular flexibility index (Phi) is 8.71. The van der Waals surface area contributed by atoms with Crippen molar-refractivity contribution in [3.05, 3.63) is 59.9 Å². The number of aromatic nitrogens is 3. The molecular formula is C23H27N5O4S. The van der Waals surface area contributed by atoms with E-state index in [1.54, 1.807) is 26.4 Å². The molecule has 174 valence electrons. The molecule has 9 nitrogen and oxygen atoms in total. The third kappa shape index (κ3) is 6.98. The van der Waals surface area contributed by atoms with E-state index in [1.165, 1.54) is 11.8 Å². The molecule has 0 unspecified atom stereocenters. The smallest absolute Gasteiger partial charge is 0.234 e. The zero-order valence-corrected chi connectivity index (χ0v) is 19.6. The fraction of sp³-hybridized carbons (Fsp3) is 0.304. The molecule has 10 heteroatoms. The molecule has 0 aliphatic rings. The lowest BCUT2D eigenvalue weighted by Crippen LogP contribution is -2.26. The Morgan fingerprint density at radius 2 is 1.76 bits per heavy atom. The first-order chi connectivity index (χ1) is 16.0. The first-order valence-electron chi connectivity index (χ1n) is 10.4. The van der Waals surface area contributed by atoms with Crippen LogP contribution in [-0.4, -0.2) is 46.6 Å². The van der Waals surface area contributed by atoms with E-state index in [9.17, 15) is 9.59 Å². The van der Waals surface area contributed by atoms with E-state index in [2.05, 4.69) is 20.8 Å². The number of nitrogens with zero attached hydrogens (tertiary/aromatic N) is 3. The van der Waals surface area contributed by atoms with Crippen molar-refractivity contribution in [1.82, 2.24) is 20.1 Å². The van der Waals surface area contributed by atoms with Gasteiger partial charge in [0.1, 0.15) is 11.5 Å². The second-order valence-corrected chi connectivity index (χ2v) is 7.96. The van der Waals surface area contributed by atoms with E-state index in [4.69, 9.17) is 9.47 Å². The predicted molar refractivity (Wildman–Crippen MR) is 127 cm³/mol. The van der Waals surface area contributed by atoms with Gasteiger partial charge in [0.2, 0.25) is 11.8 Å². The summed E-state index contributed by atoms with van der Waals surface area (Å²) in [5, 5.41) is 14.7. The maximum Gasteiger partial charge on any atom is 0.234 e. The molecule has 2 N–H and O–H groups in total. The molecule has 1 heterocycles. The summed E-state index contributed by atoms with van der Waals surface area (Å²) in [6.07, 6.45) is 0.260. The highest BCUT2D eigenvalue weighted by molar-refractivity contribution is 7.99. The summed E-state index contributed by atoms with van der Waals surface area (Å²) in [7, 11) is 3.18. The molecule has 0 saturated heterocycles. The molecule has 2 aromatic carbocycles. The minimum atomic E-state index is -0.159. The van der Waals surface area contributed by atoms with Crippen LogP contribution in [0.15, 0.2) is 53.7 Å². The molecule has 0 aliphatic carbocycles. The highest BCUT2D eigenvalue weighted by atomic mass is 32.2. The molecule has 0 aliphatic heterocycles. The monoisotopic (exact) mass is 469 g/mol. The zero-order valence-electron chi connectivity index (χ0n) is 18.8. The van der Waals surface area contributed by atoms with Gasteiger partial charge in [0, 0.05) is 18.3 Å². The largest absolute Gasteiger partial charge is 0.497 e. The highest BCUT2D eigenvalue weighted by Gasteiger charge is 2.14. The number of hydrogen-bond acceptors (Lipinski definition) is 7. The minimum absolute atomic E-state index is 0.113. The van der Waals surface area contributed by atoms with Gasteiger partial charge in [-0.15, -0.1) is 10.2 Å². The third-order valence-electron chi connectivity index (χ3n) is 4.76. The maximum atomic E-state index is 12.3. The number of carbonyl (C=O) groups excluding carboxylic acids is 2. The molecule has 0 fully saturated rings. The molecule has 1 aromatic heterocycles. The van der Waals surface area contributed by atoms with Crippen molar-refractivity contribution in [2.75, 3.05) is 25.3 Å².